The molecule has 1 saturated heterocycles. The van der Waals surface area contributed by atoms with Crippen molar-refractivity contribution >= 4 is 46.3 Å². The molecule has 176 valence electrons. The first-order valence-electron chi connectivity index (χ1n) is 10.6. The topological polar surface area (TPSA) is 90.7 Å². The van der Waals surface area contributed by atoms with Crippen LogP contribution in [0.15, 0.2) is 69.6 Å². The first-order valence-corrected chi connectivity index (χ1v) is 12.6. The Morgan fingerprint density at radius 1 is 1.21 bits per heavy atom. The number of esters is 1. The van der Waals surface area contributed by atoms with Crippen molar-refractivity contribution in [2.75, 3.05) is 31.8 Å². The van der Waals surface area contributed by atoms with E-state index in [2.05, 4.69) is 0 Å². The zero-order chi connectivity index (χ0) is 24.1. The number of methoxy groups -OCH3 is 1. The van der Waals surface area contributed by atoms with Crippen LogP contribution in [0.4, 0.5) is 0 Å². The molecule has 1 aromatic heterocycles. The highest BCUT2D eigenvalue weighted by Crippen LogP contribution is 2.30. The highest BCUT2D eigenvalue weighted by atomic mass is 32.2. The lowest BCUT2D eigenvalue weighted by atomic mass is 10.2. The van der Waals surface area contributed by atoms with Gasteiger partial charge in [0, 0.05) is 18.4 Å². The molecule has 0 bridgehead atoms. The molecule has 2 heterocycles. The lowest BCUT2D eigenvalue weighted by Crippen LogP contribution is -2.28. The van der Waals surface area contributed by atoms with Gasteiger partial charge in [-0.1, -0.05) is 41.7 Å². The number of rotatable bonds is 8. The average molecular weight is 498 g/mol. The van der Waals surface area contributed by atoms with Gasteiger partial charge in [-0.3, -0.25) is 14.2 Å². The summed E-state index contributed by atoms with van der Waals surface area (Å²) in [4.78, 5) is 43.9. The molecule has 0 N–H and O–H groups in total. The van der Waals surface area contributed by atoms with Crippen molar-refractivity contribution in [3.05, 3.63) is 70.0 Å². The Hall–Kier alpha value is -3.24. The Bertz CT molecular complexity index is 1320. The third-order valence-electron chi connectivity index (χ3n) is 5.04. The van der Waals surface area contributed by atoms with E-state index in [1.807, 2.05) is 30.3 Å². The van der Waals surface area contributed by atoms with Gasteiger partial charge in [-0.05, 0) is 31.2 Å². The molecule has 8 nitrogen and oxygen atoms in total. The van der Waals surface area contributed by atoms with E-state index < -0.39 is 5.97 Å². The van der Waals surface area contributed by atoms with Crippen LogP contribution >= 0.6 is 23.5 Å². The average Bonchev–Trinajstić information content (AvgIpc) is 3.18. The molecule has 4 rings (SSSR count). The van der Waals surface area contributed by atoms with E-state index in [1.165, 1.54) is 29.6 Å². The third-order valence-corrected chi connectivity index (χ3v) is 6.99. The number of hydrogen-bond donors (Lipinski definition) is 0. The summed E-state index contributed by atoms with van der Waals surface area (Å²) in [5.74, 6) is 0.833. The fraction of sp³-hybridized carbons (Fsp3) is 0.250. The second-order valence-corrected chi connectivity index (χ2v) is 9.23. The van der Waals surface area contributed by atoms with Crippen LogP contribution in [0.25, 0.3) is 16.6 Å². The summed E-state index contributed by atoms with van der Waals surface area (Å²) in [7, 11) is 1.57. The molecule has 34 heavy (non-hydrogen) atoms. The number of hydrogen-bond acceptors (Lipinski definition) is 8. The zero-order valence-corrected chi connectivity index (χ0v) is 20.4. The molecular formula is C24H23N3O5S2. The first-order chi connectivity index (χ1) is 16.5. The first kappa shape index (κ1) is 23.9. The monoisotopic (exact) mass is 497 g/mol. The summed E-state index contributed by atoms with van der Waals surface area (Å²) in [6.07, 6.45) is 1.35. The van der Waals surface area contributed by atoms with Crippen LogP contribution in [0.1, 0.15) is 6.92 Å². The number of amides is 1. The van der Waals surface area contributed by atoms with Crippen LogP contribution in [0.5, 0.6) is 5.75 Å². The minimum atomic E-state index is -0.472. The fourth-order valence-corrected chi connectivity index (χ4v) is 5.36. The lowest BCUT2D eigenvalue weighted by molar-refractivity contribution is -0.137. The van der Waals surface area contributed by atoms with E-state index in [-0.39, 0.29) is 23.8 Å². The number of thioether (sulfide) groups is 2. The van der Waals surface area contributed by atoms with Crippen LogP contribution in [-0.4, -0.2) is 58.1 Å². The van der Waals surface area contributed by atoms with Gasteiger partial charge in [0.15, 0.2) is 5.16 Å². The molecule has 1 fully saturated rings. The van der Waals surface area contributed by atoms with Crippen LogP contribution in [0.2, 0.25) is 0 Å². The van der Waals surface area contributed by atoms with Gasteiger partial charge in [-0.2, -0.15) is 0 Å². The molecule has 2 aromatic carbocycles. The maximum Gasteiger partial charge on any atom is 0.333 e. The Labute approximate surface area is 204 Å². The van der Waals surface area contributed by atoms with Gasteiger partial charge in [0.2, 0.25) is 5.91 Å². The standard InChI is InChI=1S/C24H23N3O5S2/c1-3-32-22(29)14-21-26(20(28)15-34-21)11-12-33-24-25-19-10-5-4-9-18(19)23(30)27(24)16-7-6-8-17(13-16)31-2/h4-10,13-14H,3,11-12,15H2,1-2H3/b21-14-. The molecule has 0 saturated carbocycles. The van der Waals surface area contributed by atoms with Crippen molar-refractivity contribution in [3.63, 3.8) is 0 Å². The highest BCUT2D eigenvalue weighted by Gasteiger charge is 2.27. The largest absolute Gasteiger partial charge is 0.497 e. The molecule has 10 heteroatoms. The van der Waals surface area contributed by atoms with Crippen molar-refractivity contribution in [1.82, 2.24) is 14.5 Å². The summed E-state index contributed by atoms with van der Waals surface area (Å²) >= 11 is 2.68. The molecule has 1 aliphatic rings. The van der Waals surface area contributed by atoms with Crippen LogP contribution in [0.3, 0.4) is 0 Å². The molecule has 0 radical (unpaired) electrons. The van der Waals surface area contributed by atoms with E-state index in [1.54, 1.807) is 41.7 Å². The number of ether oxygens (including phenoxy) is 2. The molecular weight excluding hydrogens is 474 g/mol. The van der Waals surface area contributed by atoms with E-state index >= 15 is 0 Å². The van der Waals surface area contributed by atoms with Gasteiger partial charge in [0.1, 0.15) is 5.75 Å². The lowest BCUT2D eigenvalue weighted by Gasteiger charge is -2.18. The summed E-state index contributed by atoms with van der Waals surface area (Å²) in [5, 5.41) is 1.59. The number of fused-ring (bicyclic) bond motifs is 1. The van der Waals surface area contributed by atoms with E-state index in [0.29, 0.717) is 44.8 Å². The van der Waals surface area contributed by atoms with E-state index in [9.17, 15) is 14.4 Å². The maximum absolute atomic E-state index is 13.4. The predicted molar refractivity (Wildman–Crippen MR) is 134 cm³/mol. The number of aromatic nitrogens is 2. The van der Waals surface area contributed by atoms with Gasteiger partial charge >= 0.3 is 5.97 Å². The summed E-state index contributed by atoms with van der Waals surface area (Å²) < 4.78 is 11.9. The van der Waals surface area contributed by atoms with E-state index in [0.717, 1.165) is 0 Å². The van der Waals surface area contributed by atoms with Gasteiger partial charge in [-0.15, -0.1) is 0 Å². The summed E-state index contributed by atoms with van der Waals surface area (Å²) in [6.45, 7) is 2.37. The van der Waals surface area contributed by atoms with Crippen LogP contribution in [0, 0.1) is 0 Å². The quantitative estimate of drug-likeness (QED) is 0.202. The highest BCUT2D eigenvalue weighted by molar-refractivity contribution is 8.04. The summed E-state index contributed by atoms with van der Waals surface area (Å²) in [5.41, 5.74) is 1.06. The van der Waals surface area contributed by atoms with Gasteiger partial charge in [0.25, 0.3) is 5.56 Å². The number of carbonyl (C=O) groups is 2. The number of carbonyl (C=O) groups excluding carboxylic acids is 2. The number of nitrogens with zero attached hydrogens (tertiary/aromatic N) is 3. The SMILES string of the molecule is CCOC(=O)/C=C1\SCC(=O)N1CCSc1nc2ccccc2c(=O)n1-c1cccc(OC)c1. The van der Waals surface area contributed by atoms with Crippen molar-refractivity contribution in [2.45, 2.75) is 12.1 Å². The van der Waals surface area contributed by atoms with Crippen molar-refractivity contribution in [1.29, 1.82) is 0 Å². The fourth-order valence-electron chi connectivity index (χ4n) is 3.47. The van der Waals surface area contributed by atoms with Crippen LogP contribution < -0.4 is 10.3 Å². The second kappa shape index (κ2) is 10.8. The minimum Gasteiger partial charge on any atom is -0.497 e. The van der Waals surface area contributed by atoms with Gasteiger partial charge in [0.05, 0.1) is 47.2 Å². The zero-order valence-electron chi connectivity index (χ0n) is 18.7. The molecule has 0 atom stereocenters. The van der Waals surface area contributed by atoms with Gasteiger partial charge in [-0.25, -0.2) is 9.78 Å². The Morgan fingerprint density at radius 3 is 2.82 bits per heavy atom. The third kappa shape index (κ3) is 5.13. The molecule has 1 amide bonds. The normalized spacial score (nSPS) is 14.7. The molecule has 1 aliphatic heterocycles. The maximum atomic E-state index is 13.4. The second-order valence-electron chi connectivity index (χ2n) is 7.17. The van der Waals surface area contributed by atoms with E-state index in [4.69, 9.17) is 14.5 Å². The van der Waals surface area contributed by atoms with Gasteiger partial charge < -0.3 is 14.4 Å². The van der Waals surface area contributed by atoms with Crippen molar-refractivity contribution in [3.8, 4) is 11.4 Å². The smallest absolute Gasteiger partial charge is 0.333 e. The van der Waals surface area contributed by atoms with Crippen LogP contribution in [-0.2, 0) is 14.3 Å². The molecule has 0 spiro atoms. The summed E-state index contributed by atoms with van der Waals surface area (Å²) in [6, 6.07) is 14.4. The number of para-hydroxylation sites is 1. The minimum absolute atomic E-state index is 0.0715. The Kier molecular flexibility index (Phi) is 7.59. The molecule has 0 aliphatic carbocycles. The molecule has 3 aromatic rings. The number of benzene rings is 2. The Balaban J connectivity index is 1.63. The predicted octanol–water partition coefficient (Wildman–Crippen LogP) is 3.47. The molecule has 0 unspecified atom stereocenters. The Morgan fingerprint density at radius 2 is 2.03 bits per heavy atom. The van der Waals surface area contributed by atoms with Crippen molar-refractivity contribution < 1.29 is 19.1 Å². The van der Waals surface area contributed by atoms with Crippen molar-refractivity contribution in [2.24, 2.45) is 0 Å².